The number of benzene rings is 2. The lowest BCUT2D eigenvalue weighted by Crippen LogP contribution is -2.44. The predicted molar refractivity (Wildman–Crippen MR) is 112 cm³/mol. The predicted octanol–water partition coefficient (Wildman–Crippen LogP) is 4.27. The van der Waals surface area contributed by atoms with E-state index in [2.05, 4.69) is 11.8 Å². The molecule has 2 aromatic carbocycles. The van der Waals surface area contributed by atoms with E-state index in [1.807, 2.05) is 77.0 Å². The fraction of sp³-hybridized carbons (Fsp3) is 0.208. The molecule has 3 nitrogen and oxygen atoms in total. The molecular weight excluding hydrogens is 366 g/mol. The first-order valence-corrected chi connectivity index (χ1v) is 10.2. The van der Waals surface area contributed by atoms with Crippen LogP contribution < -0.4 is 0 Å². The first-order chi connectivity index (χ1) is 13.6. The summed E-state index contributed by atoms with van der Waals surface area (Å²) in [7, 11) is 0. The molecule has 1 amide bonds. The van der Waals surface area contributed by atoms with Crippen LogP contribution in [0, 0.1) is 11.8 Å². The summed E-state index contributed by atoms with van der Waals surface area (Å²) in [5.41, 5.74) is 1.70. The monoisotopic (exact) mass is 387 g/mol. The van der Waals surface area contributed by atoms with Gasteiger partial charge in [0.15, 0.2) is 0 Å². The van der Waals surface area contributed by atoms with Gasteiger partial charge in [0.25, 0.3) is 5.91 Å². The van der Waals surface area contributed by atoms with Crippen LogP contribution in [0.3, 0.4) is 0 Å². The minimum absolute atomic E-state index is 0.01000. The maximum atomic E-state index is 12.8. The molecule has 1 saturated heterocycles. The SMILES string of the molecule is O=C(c1ccc(C#Cc2ccccc2)cc1)N1CCC(O)(c2cccs2)CC1. The van der Waals surface area contributed by atoms with Gasteiger partial charge in [-0.3, -0.25) is 4.79 Å². The molecule has 4 heteroatoms. The zero-order valence-electron chi connectivity index (χ0n) is 15.5. The van der Waals surface area contributed by atoms with Crippen molar-refractivity contribution in [3.8, 4) is 11.8 Å². The number of thiophene rings is 1. The minimum atomic E-state index is -0.804. The van der Waals surface area contributed by atoms with Crippen LogP contribution in [0.2, 0.25) is 0 Å². The van der Waals surface area contributed by atoms with Gasteiger partial charge in [-0.05, 0) is 60.7 Å². The van der Waals surface area contributed by atoms with E-state index in [4.69, 9.17) is 0 Å². The number of likely N-dealkylation sites (tertiary alicyclic amines) is 1. The van der Waals surface area contributed by atoms with E-state index in [-0.39, 0.29) is 5.91 Å². The van der Waals surface area contributed by atoms with Crippen LogP contribution in [0.25, 0.3) is 0 Å². The van der Waals surface area contributed by atoms with Gasteiger partial charge in [-0.15, -0.1) is 11.3 Å². The Bertz CT molecular complexity index is 990. The van der Waals surface area contributed by atoms with Crippen molar-refractivity contribution in [2.24, 2.45) is 0 Å². The Kier molecular flexibility index (Phi) is 5.29. The van der Waals surface area contributed by atoms with Gasteiger partial charge < -0.3 is 10.0 Å². The molecular formula is C24H21NO2S. The topological polar surface area (TPSA) is 40.5 Å². The molecule has 2 heterocycles. The van der Waals surface area contributed by atoms with Crippen LogP contribution in [0.15, 0.2) is 72.1 Å². The van der Waals surface area contributed by atoms with Gasteiger partial charge in [-0.1, -0.05) is 36.1 Å². The molecule has 0 saturated carbocycles. The average Bonchev–Trinajstić information content (AvgIpc) is 3.29. The van der Waals surface area contributed by atoms with Crippen molar-refractivity contribution in [2.45, 2.75) is 18.4 Å². The second-order valence-corrected chi connectivity index (χ2v) is 7.94. The van der Waals surface area contributed by atoms with Gasteiger partial charge in [0.1, 0.15) is 5.60 Å². The van der Waals surface area contributed by atoms with Crippen LogP contribution in [-0.2, 0) is 5.60 Å². The molecule has 0 aliphatic carbocycles. The Morgan fingerprint density at radius 1 is 0.893 bits per heavy atom. The van der Waals surface area contributed by atoms with Crippen molar-refractivity contribution >= 4 is 17.2 Å². The van der Waals surface area contributed by atoms with Crippen molar-refractivity contribution in [1.29, 1.82) is 0 Å². The Morgan fingerprint density at radius 3 is 2.14 bits per heavy atom. The highest BCUT2D eigenvalue weighted by Gasteiger charge is 2.36. The first-order valence-electron chi connectivity index (χ1n) is 9.37. The van der Waals surface area contributed by atoms with Gasteiger partial charge >= 0.3 is 0 Å². The van der Waals surface area contributed by atoms with Crippen LogP contribution in [0.5, 0.6) is 0 Å². The third-order valence-corrected chi connectivity index (χ3v) is 6.18. The number of carbonyl (C=O) groups excluding carboxylic acids is 1. The third-order valence-electron chi connectivity index (χ3n) is 5.11. The molecule has 28 heavy (non-hydrogen) atoms. The van der Waals surface area contributed by atoms with E-state index in [1.165, 1.54) is 0 Å². The van der Waals surface area contributed by atoms with Crippen molar-refractivity contribution in [3.63, 3.8) is 0 Å². The number of aliphatic hydroxyl groups is 1. The number of piperidine rings is 1. The number of nitrogens with zero attached hydrogens (tertiary/aromatic N) is 1. The molecule has 1 aliphatic rings. The van der Waals surface area contributed by atoms with E-state index in [1.54, 1.807) is 11.3 Å². The normalized spacial score (nSPS) is 15.5. The van der Waals surface area contributed by atoms with Gasteiger partial charge in [-0.2, -0.15) is 0 Å². The van der Waals surface area contributed by atoms with Gasteiger partial charge in [0, 0.05) is 34.7 Å². The summed E-state index contributed by atoms with van der Waals surface area (Å²) < 4.78 is 0. The zero-order valence-corrected chi connectivity index (χ0v) is 16.3. The molecule has 0 bridgehead atoms. The van der Waals surface area contributed by atoms with E-state index in [0.29, 0.717) is 31.5 Å². The number of rotatable bonds is 2. The lowest BCUT2D eigenvalue weighted by Gasteiger charge is -2.37. The molecule has 3 aromatic rings. The second-order valence-electron chi connectivity index (χ2n) is 6.99. The molecule has 1 aliphatic heterocycles. The highest BCUT2D eigenvalue weighted by Crippen LogP contribution is 2.35. The van der Waals surface area contributed by atoms with Crippen LogP contribution in [-0.4, -0.2) is 29.0 Å². The summed E-state index contributed by atoms with van der Waals surface area (Å²) in [5.74, 6) is 6.26. The van der Waals surface area contributed by atoms with Crippen molar-refractivity contribution in [3.05, 3.63) is 93.7 Å². The lowest BCUT2D eigenvalue weighted by atomic mass is 9.89. The first kappa shape index (κ1) is 18.5. The van der Waals surface area contributed by atoms with Crippen molar-refractivity contribution in [1.82, 2.24) is 4.90 Å². The summed E-state index contributed by atoms with van der Waals surface area (Å²) in [6.07, 6.45) is 1.14. The number of amides is 1. The molecule has 0 atom stereocenters. The van der Waals surface area contributed by atoms with E-state index in [9.17, 15) is 9.90 Å². The molecule has 140 valence electrons. The van der Waals surface area contributed by atoms with E-state index in [0.717, 1.165) is 16.0 Å². The summed E-state index contributed by atoms with van der Waals surface area (Å²) in [6, 6.07) is 21.2. The molecule has 1 fully saturated rings. The van der Waals surface area contributed by atoms with Crippen molar-refractivity contribution < 1.29 is 9.90 Å². The smallest absolute Gasteiger partial charge is 0.253 e. The zero-order chi connectivity index (χ0) is 19.4. The van der Waals surface area contributed by atoms with Gasteiger partial charge in [0.05, 0.1) is 0 Å². The Hall–Kier alpha value is -2.87. The maximum Gasteiger partial charge on any atom is 0.253 e. The van der Waals surface area contributed by atoms with Crippen LogP contribution >= 0.6 is 11.3 Å². The molecule has 0 radical (unpaired) electrons. The van der Waals surface area contributed by atoms with Gasteiger partial charge in [0.2, 0.25) is 0 Å². The third kappa shape index (κ3) is 4.01. The highest BCUT2D eigenvalue weighted by atomic mass is 32.1. The number of hydrogen-bond donors (Lipinski definition) is 1. The molecule has 4 rings (SSSR count). The summed E-state index contributed by atoms with van der Waals surface area (Å²) >= 11 is 1.57. The average molecular weight is 388 g/mol. The van der Waals surface area contributed by atoms with Gasteiger partial charge in [-0.25, -0.2) is 0 Å². The molecule has 0 unspecified atom stereocenters. The largest absolute Gasteiger partial charge is 0.384 e. The minimum Gasteiger partial charge on any atom is -0.384 e. The lowest BCUT2D eigenvalue weighted by molar-refractivity contribution is -0.0183. The molecule has 1 aromatic heterocycles. The fourth-order valence-corrected chi connectivity index (χ4v) is 4.30. The number of carbonyl (C=O) groups is 1. The van der Waals surface area contributed by atoms with Crippen molar-refractivity contribution in [2.75, 3.05) is 13.1 Å². The van der Waals surface area contributed by atoms with Crippen LogP contribution in [0.1, 0.15) is 39.2 Å². The number of hydrogen-bond acceptors (Lipinski definition) is 3. The molecule has 0 spiro atoms. The summed E-state index contributed by atoms with van der Waals surface area (Å²) in [5, 5.41) is 12.8. The standard InChI is InChI=1S/C24H21NO2S/c26-23(25-16-14-24(27,15-17-25)22-7-4-18-28-22)21-12-10-20(11-13-21)9-8-19-5-2-1-3-6-19/h1-7,10-13,18,27H,14-17H2. The summed E-state index contributed by atoms with van der Waals surface area (Å²) in [6.45, 7) is 1.12. The quantitative estimate of drug-likeness (QED) is 0.667. The fourth-order valence-electron chi connectivity index (χ4n) is 3.41. The van der Waals surface area contributed by atoms with E-state index < -0.39 is 5.60 Å². The Labute approximate surface area is 169 Å². The second kappa shape index (κ2) is 8.02. The maximum absolute atomic E-state index is 12.8. The Morgan fingerprint density at radius 2 is 1.54 bits per heavy atom. The summed E-state index contributed by atoms with van der Waals surface area (Å²) in [4.78, 5) is 15.6. The highest BCUT2D eigenvalue weighted by molar-refractivity contribution is 7.10. The van der Waals surface area contributed by atoms with E-state index >= 15 is 0 Å². The van der Waals surface area contributed by atoms with Crippen LogP contribution in [0.4, 0.5) is 0 Å². The molecule has 1 N–H and O–H groups in total. The Balaban J connectivity index is 1.40.